The molecule has 2 aliphatic carbocycles. The fourth-order valence-corrected chi connectivity index (χ4v) is 8.04. The minimum absolute atomic E-state index is 0.0165. The van der Waals surface area contributed by atoms with Crippen LogP contribution < -0.4 is 0 Å². The molecule has 182 valence electrons. The maximum atomic E-state index is 13.8. The van der Waals surface area contributed by atoms with Gasteiger partial charge >= 0.3 is 6.03 Å². The lowest BCUT2D eigenvalue weighted by atomic mass is 9.67. The molecule has 5 nitrogen and oxygen atoms in total. The molecule has 33 heavy (non-hydrogen) atoms. The number of nitrogens with zero attached hydrogens (tertiary/aromatic N) is 3. The van der Waals surface area contributed by atoms with Crippen molar-refractivity contribution in [1.29, 1.82) is 0 Å². The fraction of sp³-hybridized carbons (Fsp3) is 0.741. The first kappa shape index (κ1) is 23.5. The van der Waals surface area contributed by atoms with Gasteiger partial charge in [-0.15, -0.1) is 0 Å². The standard InChI is InChI=1S/C27H41N3O2S/c1-28(2)27(23-7-4-3-5-8-23)15-13-25(14-16-27)20-29(19-22-9-17-33-18-10-22)24(31)30(25)21-26(32)11-6-12-26/h3-5,7-8,22,32H,6,9-21H2,1-2H3. The smallest absolute Gasteiger partial charge is 0.320 e. The zero-order valence-corrected chi connectivity index (χ0v) is 21.3. The van der Waals surface area contributed by atoms with Crippen molar-refractivity contribution >= 4 is 17.8 Å². The normalized spacial score (nSPS) is 32.5. The highest BCUT2D eigenvalue weighted by atomic mass is 32.2. The second kappa shape index (κ2) is 9.09. The third-order valence-corrected chi connectivity index (χ3v) is 10.3. The number of carbonyl (C=O) groups excluding carboxylic acids is 1. The van der Waals surface area contributed by atoms with E-state index in [1.54, 1.807) is 0 Å². The second-order valence-corrected chi connectivity index (χ2v) is 12.6. The van der Waals surface area contributed by atoms with E-state index in [0.717, 1.165) is 58.0 Å². The van der Waals surface area contributed by atoms with Gasteiger partial charge in [0.15, 0.2) is 0 Å². The molecule has 2 saturated heterocycles. The van der Waals surface area contributed by atoms with E-state index in [-0.39, 0.29) is 17.1 Å². The molecule has 1 aromatic carbocycles. The number of rotatable bonds is 6. The minimum Gasteiger partial charge on any atom is -0.388 e. The van der Waals surface area contributed by atoms with Crippen LogP contribution in [0.2, 0.25) is 0 Å². The molecule has 5 rings (SSSR count). The van der Waals surface area contributed by atoms with Crippen LogP contribution in [-0.4, -0.2) is 82.2 Å². The third-order valence-electron chi connectivity index (χ3n) is 9.29. The molecule has 0 aromatic heterocycles. The summed E-state index contributed by atoms with van der Waals surface area (Å²) in [5.74, 6) is 3.08. The maximum Gasteiger partial charge on any atom is 0.320 e. The summed E-state index contributed by atoms with van der Waals surface area (Å²) in [7, 11) is 4.40. The molecule has 1 spiro atoms. The number of urea groups is 1. The molecule has 1 N–H and O–H groups in total. The maximum absolute atomic E-state index is 13.8. The average molecular weight is 472 g/mol. The highest BCUT2D eigenvalue weighted by Gasteiger charge is 2.56. The molecule has 6 heteroatoms. The number of β-amino-alcohol motifs (C(OH)–C–C–N with tert-alkyl or cyclic N) is 1. The molecule has 2 aliphatic heterocycles. The van der Waals surface area contributed by atoms with E-state index < -0.39 is 5.60 Å². The van der Waals surface area contributed by atoms with Crippen LogP contribution in [-0.2, 0) is 5.54 Å². The van der Waals surface area contributed by atoms with Crippen LogP contribution in [0.15, 0.2) is 30.3 Å². The lowest BCUT2D eigenvalue weighted by Gasteiger charge is -2.52. The van der Waals surface area contributed by atoms with Gasteiger partial charge in [-0.25, -0.2) is 4.79 Å². The summed E-state index contributed by atoms with van der Waals surface area (Å²) < 4.78 is 0. The number of aliphatic hydroxyl groups is 1. The highest BCUT2D eigenvalue weighted by molar-refractivity contribution is 7.99. The molecular formula is C27H41N3O2S. The van der Waals surface area contributed by atoms with Gasteiger partial charge in [-0.1, -0.05) is 30.3 Å². The van der Waals surface area contributed by atoms with Crippen LogP contribution in [0.5, 0.6) is 0 Å². The van der Waals surface area contributed by atoms with Gasteiger partial charge in [0.05, 0.1) is 17.7 Å². The summed E-state index contributed by atoms with van der Waals surface area (Å²) in [6, 6.07) is 11.1. The van der Waals surface area contributed by atoms with Crippen LogP contribution >= 0.6 is 11.8 Å². The second-order valence-electron chi connectivity index (χ2n) is 11.4. The first-order valence-corrected chi connectivity index (χ1v) is 14.1. The Morgan fingerprint density at radius 2 is 1.70 bits per heavy atom. The van der Waals surface area contributed by atoms with Gasteiger partial charge in [0, 0.05) is 18.6 Å². The van der Waals surface area contributed by atoms with E-state index in [1.807, 2.05) is 11.8 Å². The topological polar surface area (TPSA) is 47.0 Å². The average Bonchev–Trinajstić information content (AvgIpc) is 3.05. The zero-order valence-electron chi connectivity index (χ0n) is 20.5. The molecule has 1 aromatic rings. The predicted octanol–water partition coefficient (Wildman–Crippen LogP) is 4.55. The monoisotopic (exact) mass is 471 g/mol. The molecule has 2 amide bonds. The van der Waals surface area contributed by atoms with Crippen molar-refractivity contribution in [1.82, 2.24) is 14.7 Å². The lowest BCUT2D eigenvalue weighted by molar-refractivity contribution is -0.0725. The van der Waals surface area contributed by atoms with Crippen molar-refractivity contribution < 1.29 is 9.90 Å². The van der Waals surface area contributed by atoms with Gasteiger partial charge in [-0.05, 0) is 94.9 Å². The van der Waals surface area contributed by atoms with Gasteiger partial charge in [0.25, 0.3) is 0 Å². The highest BCUT2D eigenvalue weighted by Crippen LogP contribution is 2.50. The van der Waals surface area contributed by atoms with Gasteiger partial charge in [-0.2, -0.15) is 11.8 Å². The van der Waals surface area contributed by atoms with Crippen molar-refractivity contribution in [3.8, 4) is 0 Å². The predicted molar refractivity (Wildman–Crippen MR) is 136 cm³/mol. The van der Waals surface area contributed by atoms with Crippen LogP contribution in [0.3, 0.4) is 0 Å². The summed E-state index contributed by atoms with van der Waals surface area (Å²) in [5.41, 5.74) is 0.591. The van der Waals surface area contributed by atoms with E-state index in [9.17, 15) is 9.90 Å². The Bertz CT molecular complexity index is 827. The van der Waals surface area contributed by atoms with E-state index in [1.165, 1.54) is 29.9 Å². The minimum atomic E-state index is -0.671. The van der Waals surface area contributed by atoms with Crippen LogP contribution in [0, 0.1) is 5.92 Å². The molecular weight excluding hydrogens is 430 g/mol. The molecule has 0 bridgehead atoms. The molecule has 2 saturated carbocycles. The molecule has 2 heterocycles. The van der Waals surface area contributed by atoms with Gasteiger partial charge in [0.1, 0.15) is 0 Å². The van der Waals surface area contributed by atoms with Crippen LogP contribution in [0.25, 0.3) is 0 Å². The summed E-state index contributed by atoms with van der Waals surface area (Å²) in [5, 5.41) is 11.1. The van der Waals surface area contributed by atoms with Gasteiger partial charge in [0.2, 0.25) is 0 Å². The fourth-order valence-electron chi connectivity index (χ4n) is 6.84. The number of hydrogen-bond acceptors (Lipinski definition) is 4. The molecule has 4 fully saturated rings. The molecule has 0 unspecified atom stereocenters. The van der Waals surface area contributed by atoms with E-state index in [4.69, 9.17) is 0 Å². The van der Waals surface area contributed by atoms with E-state index in [2.05, 4.69) is 59.1 Å². The third kappa shape index (κ3) is 4.32. The Hall–Kier alpha value is -1.24. The number of thioether (sulfide) groups is 1. The van der Waals surface area contributed by atoms with Crippen LogP contribution in [0.4, 0.5) is 4.79 Å². The molecule has 4 aliphatic rings. The van der Waals surface area contributed by atoms with Crippen molar-refractivity contribution in [2.24, 2.45) is 5.92 Å². The summed E-state index contributed by atoms with van der Waals surface area (Å²) in [6.07, 6.45) is 9.27. The number of hydrogen-bond donors (Lipinski definition) is 1. The first-order valence-electron chi connectivity index (χ1n) is 13.0. The number of amides is 2. The van der Waals surface area contributed by atoms with Crippen molar-refractivity contribution in [2.45, 2.75) is 74.5 Å². The number of benzene rings is 1. The molecule has 0 radical (unpaired) electrons. The quantitative estimate of drug-likeness (QED) is 0.661. The number of carbonyl (C=O) groups is 1. The van der Waals surface area contributed by atoms with E-state index in [0.29, 0.717) is 12.5 Å². The SMILES string of the molecule is CN(C)C1(c2ccccc2)CCC2(CC1)CN(CC1CCSCC1)C(=O)N2CC1(O)CCC1. The summed E-state index contributed by atoms with van der Waals surface area (Å²) >= 11 is 2.05. The Balaban J connectivity index is 1.38. The Kier molecular flexibility index (Phi) is 6.47. The largest absolute Gasteiger partial charge is 0.388 e. The van der Waals surface area contributed by atoms with Crippen molar-refractivity contribution in [3.05, 3.63) is 35.9 Å². The summed E-state index contributed by atoms with van der Waals surface area (Å²) in [6.45, 7) is 2.25. The van der Waals surface area contributed by atoms with Crippen molar-refractivity contribution in [2.75, 3.05) is 45.2 Å². The van der Waals surface area contributed by atoms with Crippen LogP contribution in [0.1, 0.15) is 63.4 Å². The lowest BCUT2D eigenvalue weighted by Crippen LogP contribution is -2.59. The summed E-state index contributed by atoms with van der Waals surface area (Å²) in [4.78, 5) is 20.5. The Labute approximate surface area is 203 Å². The first-order chi connectivity index (χ1) is 15.9. The Morgan fingerprint density at radius 1 is 1.03 bits per heavy atom. The van der Waals surface area contributed by atoms with Gasteiger partial charge < -0.3 is 14.9 Å². The van der Waals surface area contributed by atoms with Gasteiger partial charge in [-0.3, -0.25) is 4.90 Å². The molecule has 0 atom stereocenters. The van der Waals surface area contributed by atoms with Crippen molar-refractivity contribution in [3.63, 3.8) is 0 Å². The van der Waals surface area contributed by atoms with E-state index >= 15 is 0 Å². The zero-order chi connectivity index (χ0) is 23.1. The Morgan fingerprint density at radius 3 is 2.27 bits per heavy atom.